The summed E-state index contributed by atoms with van der Waals surface area (Å²) in [7, 11) is 0. The maximum Gasteiger partial charge on any atom is 0.332 e. The number of rotatable bonds is 4. The molecule has 2 rings (SSSR count). The molecule has 6 heteroatoms. The average Bonchev–Trinajstić information content (AvgIpc) is 2.83. The Hall–Kier alpha value is -1.43. The van der Waals surface area contributed by atoms with Crippen LogP contribution in [-0.2, 0) is 16.0 Å². The first-order valence-electron chi connectivity index (χ1n) is 5.77. The molecule has 1 aliphatic heterocycles. The minimum Gasteiger partial charge on any atom is -0.479 e. The number of aromatic nitrogens is 2. The molecule has 2 heterocycles. The largest absolute Gasteiger partial charge is 0.479 e. The Morgan fingerprint density at radius 3 is 2.88 bits per heavy atom. The van der Waals surface area contributed by atoms with Crippen LogP contribution in [0, 0.1) is 5.92 Å². The van der Waals surface area contributed by atoms with Crippen LogP contribution in [0.15, 0.2) is 4.52 Å². The van der Waals surface area contributed by atoms with Gasteiger partial charge < -0.3 is 14.4 Å². The normalized spacial score (nSPS) is 24.4. The fourth-order valence-electron chi connectivity index (χ4n) is 1.85. The highest BCUT2D eigenvalue weighted by molar-refractivity contribution is 5.72. The van der Waals surface area contributed by atoms with Gasteiger partial charge in [0.05, 0.1) is 0 Å². The van der Waals surface area contributed by atoms with Crippen molar-refractivity contribution in [3.05, 3.63) is 11.7 Å². The predicted molar refractivity (Wildman–Crippen MR) is 57.3 cm³/mol. The number of carboxylic acid groups (broad SMARTS) is 1. The fourth-order valence-corrected chi connectivity index (χ4v) is 1.85. The third-order valence-electron chi connectivity index (χ3n) is 2.65. The zero-order valence-electron chi connectivity index (χ0n) is 9.92. The van der Waals surface area contributed by atoms with E-state index < -0.39 is 12.1 Å². The molecule has 1 aliphatic rings. The topological polar surface area (TPSA) is 85.5 Å². The van der Waals surface area contributed by atoms with Crippen molar-refractivity contribution >= 4 is 5.97 Å². The number of aliphatic carboxylic acids is 1. The number of hydrogen-bond acceptors (Lipinski definition) is 5. The molecule has 0 amide bonds. The van der Waals surface area contributed by atoms with Gasteiger partial charge in [0.2, 0.25) is 0 Å². The lowest BCUT2D eigenvalue weighted by Gasteiger charge is -2.05. The van der Waals surface area contributed by atoms with Crippen LogP contribution in [0.4, 0.5) is 0 Å². The van der Waals surface area contributed by atoms with E-state index in [2.05, 4.69) is 24.0 Å². The van der Waals surface area contributed by atoms with Gasteiger partial charge in [-0.3, -0.25) is 0 Å². The zero-order chi connectivity index (χ0) is 12.4. The van der Waals surface area contributed by atoms with E-state index in [4.69, 9.17) is 14.4 Å². The van der Waals surface area contributed by atoms with Crippen LogP contribution in [0.3, 0.4) is 0 Å². The molecular formula is C11H16N2O4. The lowest BCUT2D eigenvalue weighted by Crippen LogP contribution is -2.18. The monoisotopic (exact) mass is 240 g/mol. The first-order chi connectivity index (χ1) is 8.06. The quantitative estimate of drug-likeness (QED) is 0.859. The van der Waals surface area contributed by atoms with Crippen molar-refractivity contribution in [3.63, 3.8) is 0 Å². The highest BCUT2D eigenvalue weighted by Crippen LogP contribution is 2.31. The molecule has 94 valence electrons. The standard InChI is InChI=1S/C11H16N2O4/c1-6(2)5-9-12-10(17-13-9)7-3-4-8(16-7)11(14)15/h6-8H,3-5H2,1-2H3,(H,14,15). The first kappa shape index (κ1) is 12.0. The van der Waals surface area contributed by atoms with E-state index in [-0.39, 0.29) is 6.10 Å². The maximum absolute atomic E-state index is 10.7. The van der Waals surface area contributed by atoms with Crippen molar-refractivity contribution in [2.45, 2.75) is 45.3 Å². The summed E-state index contributed by atoms with van der Waals surface area (Å²) in [4.78, 5) is 15.0. The van der Waals surface area contributed by atoms with Gasteiger partial charge in [0, 0.05) is 6.42 Å². The Morgan fingerprint density at radius 2 is 2.29 bits per heavy atom. The number of nitrogens with zero attached hydrogens (tertiary/aromatic N) is 2. The van der Waals surface area contributed by atoms with Gasteiger partial charge >= 0.3 is 5.97 Å². The molecule has 0 saturated carbocycles. The molecule has 0 aliphatic carbocycles. The second-order valence-corrected chi connectivity index (χ2v) is 4.68. The van der Waals surface area contributed by atoms with Crippen LogP contribution in [0.5, 0.6) is 0 Å². The van der Waals surface area contributed by atoms with E-state index in [9.17, 15) is 4.79 Å². The molecule has 0 spiro atoms. The molecule has 1 saturated heterocycles. The summed E-state index contributed by atoms with van der Waals surface area (Å²) in [5.74, 6) is 0.563. The molecule has 0 aromatic carbocycles. The summed E-state index contributed by atoms with van der Waals surface area (Å²) in [6.45, 7) is 4.14. The van der Waals surface area contributed by atoms with E-state index in [0.29, 0.717) is 30.5 Å². The zero-order valence-corrected chi connectivity index (χ0v) is 9.92. The van der Waals surface area contributed by atoms with Gasteiger partial charge in [-0.2, -0.15) is 4.98 Å². The molecule has 1 fully saturated rings. The summed E-state index contributed by atoms with van der Waals surface area (Å²) >= 11 is 0. The van der Waals surface area contributed by atoms with Crippen molar-refractivity contribution in [3.8, 4) is 0 Å². The molecule has 0 radical (unpaired) electrons. The van der Waals surface area contributed by atoms with Gasteiger partial charge in [-0.25, -0.2) is 4.79 Å². The number of hydrogen-bond donors (Lipinski definition) is 1. The van der Waals surface area contributed by atoms with E-state index in [1.807, 2.05) is 0 Å². The summed E-state index contributed by atoms with van der Waals surface area (Å²) in [6, 6.07) is 0. The third-order valence-corrected chi connectivity index (χ3v) is 2.65. The summed E-state index contributed by atoms with van der Waals surface area (Å²) in [5, 5.41) is 12.7. The van der Waals surface area contributed by atoms with Crippen LogP contribution in [0.1, 0.15) is 44.5 Å². The lowest BCUT2D eigenvalue weighted by molar-refractivity contribution is -0.150. The van der Waals surface area contributed by atoms with Crippen molar-refractivity contribution in [1.29, 1.82) is 0 Å². The number of carboxylic acids is 1. The summed E-state index contributed by atoms with van der Waals surface area (Å²) in [6.07, 6.45) is 0.728. The average molecular weight is 240 g/mol. The predicted octanol–water partition coefficient (Wildman–Crippen LogP) is 1.57. The van der Waals surface area contributed by atoms with Gasteiger partial charge in [-0.1, -0.05) is 19.0 Å². The minimum atomic E-state index is -0.936. The van der Waals surface area contributed by atoms with Gasteiger partial charge in [0.25, 0.3) is 5.89 Å². The highest BCUT2D eigenvalue weighted by Gasteiger charge is 2.34. The first-order valence-corrected chi connectivity index (χ1v) is 5.77. The van der Waals surface area contributed by atoms with E-state index in [0.717, 1.165) is 6.42 Å². The molecule has 1 aromatic rings. The number of ether oxygens (including phenoxy) is 1. The molecule has 2 unspecified atom stereocenters. The van der Waals surface area contributed by atoms with Crippen molar-refractivity contribution < 1.29 is 19.2 Å². The van der Waals surface area contributed by atoms with Gasteiger partial charge in [-0.05, 0) is 18.8 Å². The van der Waals surface area contributed by atoms with E-state index in [1.165, 1.54) is 0 Å². The Labute approximate surface area is 99.0 Å². The molecule has 1 aromatic heterocycles. The second-order valence-electron chi connectivity index (χ2n) is 4.68. The van der Waals surface area contributed by atoms with Gasteiger partial charge in [-0.15, -0.1) is 0 Å². The van der Waals surface area contributed by atoms with Crippen LogP contribution in [0.2, 0.25) is 0 Å². The fraction of sp³-hybridized carbons (Fsp3) is 0.727. The van der Waals surface area contributed by atoms with E-state index >= 15 is 0 Å². The molecule has 2 atom stereocenters. The van der Waals surface area contributed by atoms with Gasteiger partial charge in [0.1, 0.15) is 6.10 Å². The van der Waals surface area contributed by atoms with Crippen molar-refractivity contribution in [2.24, 2.45) is 5.92 Å². The molecule has 17 heavy (non-hydrogen) atoms. The molecular weight excluding hydrogens is 224 g/mol. The highest BCUT2D eigenvalue weighted by atomic mass is 16.5. The molecule has 1 N–H and O–H groups in total. The summed E-state index contributed by atoms with van der Waals surface area (Å²) in [5.41, 5.74) is 0. The second kappa shape index (κ2) is 4.83. The Balaban J connectivity index is 1.99. The van der Waals surface area contributed by atoms with Crippen LogP contribution < -0.4 is 0 Å². The Bertz CT molecular complexity index is 402. The van der Waals surface area contributed by atoms with E-state index in [1.54, 1.807) is 0 Å². The van der Waals surface area contributed by atoms with Crippen molar-refractivity contribution in [1.82, 2.24) is 10.1 Å². The Morgan fingerprint density at radius 1 is 1.53 bits per heavy atom. The molecule has 0 bridgehead atoms. The number of carbonyl (C=O) groups is 1. The Kier molecular flexibility index (Phi) is 3.42. The van der Waals surface area contributed by atoms with Gasteiger partial charge in [0.15, 0.2) is 11.9 Å². The van der Waals surface area contributed by atoms with Crippen LogP contribution >= 0.6 is 0 Å². The smallest absolute Gasteiger partial charge is 0.332 e. The van der Waals surface area contributed by atoms with Crippen LogP contribution in [-0.4, -0.2) is 27.3 Å². The SMILES string of the molecule is CC(C)Cc1noc(C2CCC(C(=O)O)O2)n1. The van der Waals surface area contributed by atoms with Crippen molar-refractivity contribution in [2.75, 3.05) is 0 Å². The lowest BCUT2D eigenvalue weighted by atomic mass is 10.1. The maximum atomic E-state index is 10.7. The summed E-state index contributed by atoms with van der Waals surface area (Å²) < 4.78 is 10.4. The molecule has 6 nitrogen and oxygen atoms in total. The third kappa shape index (κ3) is 2.82. The minimum absolute atomic E-state index is 0.371. The van der Waals surface area contributed by atoms with Crippen LogP contribution in [0.25, 0.3) is 0 Å².